The van der Waals surface area contributed by atoms with Gasteiger partial charge in [0.05, 0.1) is 0 Å². The second kappa shape index (κ2) is 4.77. The average molecular weight is 243 g/mol. The van der Waals surface area contributed by atoms with E-state index in [0.717, 1.165) is 5.58 Å². The Morgan fingerprint density at radius 1 is 1.28 bits per heavy atom. The third-order valence-corrected chi connectivity index (χ3v) is 4.24. The van der Waals surface area contributed by atoms with E-state index in [1.54, 1.807) is 0 Å². The fourth-order valence-electron chi connectivity index (χ4n) is 3.14. The third kappa shape index (κ3) is 2.05. The number of hydrogen-bond acceptors (Lipinski definition) is 2. The summed E-state index contributed by atoms with van der Waals surface area (Å²) in [6, 6.07) is 9.26. The fraction of sp³-hybridized carbons (Fsp3) is 0.500. The van der Waals surface area contributed by atoms with E-state index in [4.69, 9.17) is 4.42 Å². The fourth-order valence-corrected chi connectivity index (χ4v) is 3.14. The van der Waals surface area contributed by atoms with Crippen molar-refractivity contribution < 1.29 is 4.42 Å². The van der Waals surface area contributed by atoms with Gasteiger partial charge in [-0.25, -0.2) is 0 Å². The van der Waals surface area contributed by atoms with Gasteiger partial charge in [0, 0.05) is 17.3 Å². The first-order valence-corrected chi connectivity index (χ1v) is 6.94. The average Bonchev–Trinajstić information content (AvgIpc) is 2.84. The lowest BCUT2D eigenvalue weighted by Crippen LogP contribution is -2.30. The first-order valence-electron chi connectivity index (χ1n) is 6.94. The van der Waals surface area contributed by atoms with Gasteiger partial charge in [0.1, 0.15) is 11.3 Å². The summed E-state index contributed by atoms with van der Waals surface area (Å²) in [6.07, 6.45) is 5.06. The Kier molecular flexibility index (Phi) is 3.13. The largest absolute Gasteiger partial charge is 0.461 e. The number of para-hydroxylation sites is 1. The lowest BCUT2D eigenvalue weighted by atomic mass is 9.84. The normalized spacial score (nSPS) is 24.6. The van der Waals surface area contributed by atoms with Gasteiger partial charge >= 0.3 is 0 Å². The predicted molar refractivity (Wildman–Crippen MR) is 75.0 cm³/mol. The maximum atomic E-state index is 6.10. The van der Waals surface area contributed by atoms with Crippen molar-refractivity contribution in [3.8, 4) is 0 Å². The van der Waals surface area contributed by atoms with E-state index in [2.05, 4.69) is 43.6 Å². The second-order valence-corrected chi connectivity index (χ2v) is 5.49. The highest BCUT2D eigenvalue weighted by Gasteiger charge is 2.24. The summed E-state index contributed by atoms with van der Waals surface area (Å²) in [6.45, 7) is 2.12. The van der Waals surface area contributed by atoms with Crippen LogP contribution in [0.1, 0.15) is 42.9 Å². The van der Waals surface area contributed by atoms with Crippen molar-refractivity contribution in [2.45, 2.75) is 44.6 Å². The summed E-state index contributed by atoms with van der Waals surface area (Å²) in [4.78, 5) is 0. The molecule has 2 heteroatoms. The van der Waals surface area contributed by atoms with Gasteiger partial charge in [-0.15, -0.1) is 0 Å². The molecule has 1 aromatic heterocycles. The van der Waals surface area contributed by atoms with Gasteiger partial charge < -0.3 is 9.73 Å². The highest BCUT2D eigenvalue weighted by molar-refractivity contribution is 5.81. The molecule has 1 fully saturated rings. The Labute approximate surface area is 108 Å². The van der Waals surface area contributed by atoms with Crippen LogP contribution >= 0.6 is 0 Å². The SMILES string of the molecule is CNC1CCCC(c2cc3cccc(C)c3o2)C1. The maximum absolute atomic E-state index is 6.10. The highest BCUT2D eigenvalue weighted by Crippen LogP contribution is 2.36. The molecule has 1 aromatic carbocycles. The van der Waals surface area contributed by atoms with E-state index in [9.17, 15) is 0 Å². The van der Waals surface area contributed by atoms with Crippen molar-refractivity contribution in [1.82, 2.24) is 5.32 Å². The van der Waals surface area contributed by atoms with Gasteiger partial charge in [0.2, 0.25) is 0 Å². The lowest BCUT2D eigenvalue weighted by molar-refractivity contribution is 0.324. The molecule has 0 aliphatic heterocycles. The quantitative estimate of drug-likeness (QED) is 0.862. The van der Waals surface area contributed by atoms with Crippen LogP contribution in [-0.4, -0.2) is 13.1 Å². The Hall–Kier alpha value is -1.28. The molecular weight excluding hydrogens is 222 g/mol. The van der Waals surface area contributed by atoms with Gasteiger partial charge in [-0.05, 0) is 44.9 Å². The van der Waals surface area contributed by atoms with Crippen molar-refractivity contribution in [1.29, 1.82) is 0 Å². The van der Waals surface area contributed by atoms with Gasteiger partial charge in [-0.1, -0.05) is 24.6 Å². The van der Waals surface area contributed by atoms with Crippen LogP contribution < -0.4 is 5.32 Å². The van der Waals surface area contributed by atoms with E-state index < -0.39 is 0 Å². The van der Waals surface area contributed by atoms with Crippen LogP contribution in [0.2, 0.25) is 0 Å². The number of rotatable bonds is 2. The molecule has 3 rings (SSSR count). The molecule has 96 valence electrons. The molecule has 2 aromatic rings. The smallest absolute Gasteiger partial charge is 0.137 e. The molecule has 0 radical (unpaired) electrons. The summed E-state index contributed by atoms with van der Waals surface area (Å²) < 4.78 is 6.10. The molecular formula is C16H21NO. The first-order chi connectivity index (χ1) is 8.78. The van der Waals surface area contributed by atoms with Crippen molar-refractivity contribution in [3.63, 3.8) is 0 Å². The molecule has 1 heterocycles. The van der Waals surface area contributed by atoms with Gasteiger partial charge in [0.15, 0.2) is 0 Å². The summed E-state index contributed by atoms with van der Waals surface area (Å²) in [5, 5.41) is 4.65. The minimum Gasteiger partial charge on any atom is -0.461 e. The summed E-state index contributed by atoms with van der Waals surface area (Å²) in [5.74, 6) is 1.77. The van der Waals surface area contributed by atoms with Crippen LogP contribution in [0.4, 0.5) is 0 Å². The Bertz CT molecular complexity index is 543. The van der Waals surface area contributed by atoms with Crippen LogP contribution in [0.3, 0.4) is 0 Å². The zero-order valence-electron chi connectivity index (χ0n) is 11.2. The summed E-state index contributed by atoms with van der Waals surface area (Å²) in [5.41, 5.74) is 2.30. The molecule has 2 atom stereocenters. The highest BCUT2D eigenvalue weighted by atomic mass is 16.3. The van der Waals surface area contributed by atoms with Crippen LogP contribution in [0.15, 0.2) is 28.7 Å². The van der Waals surface area contributed by atoms with Gasteiger partial charge in [0.25, 0.3) is 0 Å². The molecule has 2 unspecified atom stereocenters. The van der Waals surface area contributed by atoms with E-state index in [0.29, 0.717) is 12.0 Å². The lowest BCUT2D eigenvalue weighted by Gasteiger charge is -2.27. The Morgan fingerprint density at radius 2 is 2.17 bits per heavy atom. The number of furan rings is 1. The van der Waals surface area contributed by atoms with E-state index >= 15 is 0 Å². The number of nitrogens with one attached hydrogen (secondary N) is 1. The molecule has 18 heavy (non-hydrogen) atoms. The minimum atomic E-state index is 0.586. The second-order valence-electron chi connectivity index (χ2n) is 5.49. The third-order valence-electron chi connectivity index (χ3n) is 4.24. The standard InChI is InChI=1S/C16H21NO/c1-11-5-3-7-13-10-15(18-16(11)13)12-6-4-8-14(9-12)17-2/h3,5,7,10,12,14,17H,4,6,8-9H2,1-2H3. The van der Waals surface area contributed by atoms with E-state index in [1.165, 1.54) is 42.4 Å². The Balaban J connectivity index is 1.92. The van der Waals surface area contributed by atoms with Crippen LogP contribution in [-0.2, 0) is 0 Å². The number of benzene rings is 1. The Morgan fingerprint density at radius 3 is 2.94 bits per heavy atom. The molecule has 1 aliphatic carbocycles. The molecule has 1 aliphatic rings. The molecule has 0 amide bonds. The monoisotopic (exact) mass is 243 g/mol. The zero-order chi connectivity index (χ0) is 12.5. The van der Waals surface area contributed by atoms with Gasteiger partial charge in [-0.2, -0.15) is 0 Å². The zero-order valence-corrected chi connectivity index (χ0v) is 11.2. The van der Waals surface area contributed by atoms with Crippen LogP contribution in [0.5, 0.6) is 0 Å². The van der Waals surface area contributed by atoms with Crippen molar-refractivity contribution in [3.05, 3.63) is 35.6 Å². The number of fused-ring (bicyclic) bond motifs is 1. The number of aryl methyl sites for hydroxylation is 1. The first kappa shape index (κ1) is 11.8. The minimum absolute atomic E-state index is 0.586. The number of hydrogen-bond donors (Lipinski definition) is 1. The molecule has 0 saturated heterocycles. The van der Waals surface area contributed by atoms with Crippen molar-refractivity contribution in [2.24, 2.45) is 0 Å². The molecule has 0 spiro atoms. The molecule has 1 saturated carbocycles. The molecule has 2 nitrogen and oxygen atoms in total. The van der Waals surface area contributed by atoms with E-state index in [1.807, 2.05) is 0 Å². The van der Waals surface area contributed by atoms with Crippen LogP contribution in [0, 0.1) is 6.92 Å². The molecule has 0 bridgehead atoms. The van der Waals surface area contributed by atoms with Crippen LogP contribution in [0.25, 0.3) is 11.0 Å². The topological polar surface area (TPSA) is 25.2 Å². The summed E-state index contributed by atoms with van der Waals surface area (Å²) >= 11 is 0. The van der Waals surface area contributed by atoms with Crippen molar-refractivity contribution in [2.75, 3.05) is 7.05 Å². The van der Waals surface area contributed by atoms with E-state index in [-0.39, 0.29) is 0 Å². The van der Waals surface area contributed by atoms with Crippen molar-refractivity contribution >= 4 is 11.0 Å². The van der Waals surface area contributed by atoms with Gasteiger partial charge in [-0.3, -0.25) is 0 Å². The predicted octanol–water partition coefficient (Wildman–Crippen LogP) is 3.99. The maximum Gasteiger partial charge on any atom is 0.137 e. The molecule has 1 N–H and O–H groups in total. The summed E-state index contributed by atoms with van der Waals surface area (Å²) in [7, 11) is 2.07.